The van der Waals surface area contributed by atoms with Crippen molar-refractivity contribution in [3.63, 3.8) is 0 Å². The van der Waals surface area contributed by atoms with E-state index in [1.165, 1.54) is 5.56 Å². The number of carbonyl (C=O) groups excluding carboxylic acids is 1. The minimum Gasteiger partial charge on any atom is -0.457 e. The number of nitrogens with zero attached hydrogens (tertiary/aromatic N) is 3. The third-order valence-corrected chi connectivity index (χ3v) is 4.75. The lowest BCUT2D eigenvalue weighted by molar-refractivity contribution is 0.0958. The molecule has 2 aromatic carbocycles. The number of allylic oxidation sites excluding steroid dienone is 1. The van der Waals surface area contributed by atoms with Crippen molar-refractivity contribution in [2.45, 2.75) is 6.92 Å². The molecule has 0 fully saturated rings. The molecular weight excluding hydrogens is 376 g/mol. The summed E-state index contributed by atoms with van der Waals surface area (Å²) in [4.78, 5) is 22.5. The van der Waals surface area contributed by atoms with Gasteiger partial charge in [-0.05, 0) is 48.9 Å². The second kappa shape index (κ2) is 8.61. The zero-order chi connectivity index (χ0) is 20.9. The highest BCUT2D eigenvalue weighted by atomic mass is 16.5. The van der Waals surface area contributed by atoms with Gasteiger partial charge in [-0.2, -0.15) is 0 Å². The van der Waals surface area contributed by atoms with Crippen LogP contribution in [0.15, 0.2) is 84.1 Å². The number of ether oxygens (including phenoxy) is 1. The molecule has 150 valence electrons. The lowest BCUT2D eigenvalue weighted by atomic mass is 10.1. The fourth-order valence-corrected chi connectivity index (χ4v) is 3.06. The molecule has 0 bridgehead atoms. The third-order valence-electron chi connectivity index (χ3n) is 4.75. The van der Waals surface area contributed by atoms with Gasteiger partial charge in [0.05, 0.1) is 5.71 Å². The van der Waals surface area contributed by atoms with E-state index in [1.807, 2.05) is 36.5 Å². The molecule has 0 saturated carbocycles. The van der Waals surface area contributed by atoms with E-state index in [9.17, 15) is 4.79 Å². The van der Waals surface area contributed by atoms with Gasteiger partial charge in [0, 0.05) is 31.2 Å². The van der Waals surface area contributed by atoms with Crippen LogP contribution in [-0.2, 0) is 0 Å². The van der Waals surface area contributed by atoms with E-state index >= 15 is 0 Å². The van der Waals surface area contributed by atoms with Crippen LogP contribution in [0, 0.1) is 6.92 Å². The number of pyridine rings is 1. The summed E-state index contributed by atoms with van der Waals surface area (Å²) >= 11 is 0. The molecule has 1 aliphatic heterocycles. The Labute approximate surface area is 175 Å². The molecule has 0 saturated heterocycles. The standard InChI is InChI=1S/C24H22N4O2/c1-17-3-5-18(6-4-17)22-12-14-28(16-27-22)19-7-9-20(10-8-19)30-21-11-13-26-23(15-21)24(29)25-2/h3-15H,16H2,1-2H3,(H,25,29). The van der Waals surface area contributed by atoms with Crippen molar-refractivity contribution < 1.29 is 9.53 Å². The van der Waals surface area contributed by atoms with Crippen LogP contribution in [0.3, 0.4) is 0 Å². The Bertz CT molecular complexity index is 1100. The lowest BCUT2D eigenvalue weighted by Crippen LogP contribution is -2.21. The maximum Gasteiger partial charge on any atom is 0.269 e. The van der Waals surface area contributed by atoms with E-state index in [-0.39, 0.29) is 5.91 Å². The van der Waals surface area contributed by atoms with Gasteiger partial charge in [0.2, 0.25) is 0 Å². The number of aryl methyl sites for hydroxylation is 1. The van der Waals surface area contributed by atoms with E-state index in [2.05, 4.69) is 46.4 Å². The molecule has 6 nitrogen and oxygen atoms in total. The molecule has 30 heavy (non-hydrogen) atoms. The van der Waals surface area contributed by atoms with Crippen LogP contribution >= 0.6 is 0 Å². The van der Waals surface area contributed by atoms with Gasteiger partial charge in [0.15, 0.2) is 0 Å². The Kier molecular flexibility index (Phi) is 5.57. The molecule has 0 spiro atoms. The Hall–Kier alpha value is -3.93. The largest absolute Gasteiger partial charge is 0.457 e. The zero-order valence-electron chi connectivity index (χ0n) is 16.9. The maximum absolute atomic E-state index is 11.7. The van der Waals surface area contributed by atoms with Gasteiger partial charge in [-0.25, -0.2) is 0 Å². The SMILES string of the molecule is CNC(=O)c1cc(Oc2ccc(N3C=CC(c4ccc(C)cc4)=NC3)cc2)ccn1. The molecule has 0 radical (unpaired) electrons. The second-order valence-corrected chi connectivity index (χ2v) is 6.89. The predicted molar refractivity (Wildman–Crippen MR) is 118 cm³/mol. The molecule has 1 aliphatic rings. The number of amides is 1. The summed E-state index contributed by atoms with van der Waals surface area (Å²) in [5.41, 5.74) is 4.67. The number of aromatic nitrogens is 1. The molecule has 0 atom stereocenters. The molecule has 4 rings (SSSR count). The van der Waals surface area contributed by atoms with Crippen molar-refractivity contribution in [2.24, 2.45) is 4.99 Å². The molecular formula is C24H22N4O2. The van der Waals surface area contributed by atoms with E-state index in [4.69, 9.17) is 9.73 Å². The highest BCUT2D eigenvalue weighted by Gasteiger charge is 2.11. The van der Waals surface area contributed by atoms with Gasteiger partial charge in [0.1, 0.15) is 23.9 Å². The van der Waals surface area contributed by atoms with Crippen LogP contribution < -0.4 is 15.0 Å². The molecule has 6 heteroatoms. The first kappa shape index (κ1) is 19.4. The first-order valence-electron chi connectivity index (χ1n) is 9.65. The summed E-state index contributed by atoms with van der Waals surface area (Å²) in [5.74, 6) is 0.984. The topological polar surface area (TPSA) is 66.8 Å². The van der Waals surface area contributed by atoms with E-state index < -0.39 is 0 Å². The van der Waals surface area contributed by atoms with Crippen molar-refractivity contribution in [1.29, 1.82) is 0 Å². The van der Waals surface area contributed by atoms with Crippen LogP contribution in [0.2, 0.25) is 0 Å². The van der Waals surface area contributed by atoms with Crippen molar-refractivity contribution in [1.82, 2.24) is 10.3 Å². The number of hydrogen-bond donors (Lipinski definition) is 1. The predicted octanol–water partition coefficient (Wildman–Crippen LogP) is 4.32. The summed E-state index contributed by atoms with van der Waals surface area (Å²) in [6, 6.07) is 19.4. The number of carbonyl (C=O) groups is 1. The van der Waals surface area contributed by atoms with E-state index in [1.54, 1.807) is 25.4 Å². The van der Waals surface area contributed by atoms with Crippen LogP contribution in [0.4, 0.5) is 5.69 Å². The zero-order valence-corrected chi connectivity index (χ0v) is 16.9. The Morgan fingerprint density at radius 1 is 1.03 bits per heavy atom. The molecule has 1 N–H and O–H groups in total. The van der Waals surface area contributed by atoms with Gasteiger partial charge in [-0.3, -0.25) is 14.8 Å². The molecule has 2 heterocycles. The number of rotatable bonds is 5. The first-order chi connectivity index (χ1) is 14.6. The fraction of sp³-hybridized carbons (Fsp3) is 0.125. The monoisotopic (exact) mass is 398 g/mol. The average Bonchev–Trinajstić information content (AvgIpc) is 2.80. The summed E-state index contributed by atoms with van der Waals surface area (Å²) in [7, 11) is 1.57. The molecule has 0 unspecified atom stereocenters. The van der Waals surface area contributed by atoms with Gasteiger partial charge < -0.3 is 15.0 Å². The number of nitrogens with one attached hydrogen (secondary N) is 1. The molecule has 1 aromatic heterocycles. The minimum absolute atomic E-state index is 0.252. The summed E-state index contributed by atoms with van der Waals surface area (Å²) in [5, 5.41) is 2.55. The van der Waals surface area contributed by atoms with Gasteiger partial charge >= 0.3 is 0 Å². The fourth-order valence-electron chi connectivity index (χ4n) is 3.06. The Morgan fingerprint density at radius 2 is 1.80 bits per heavy atom. The van der Waals surface area contributed by atoms with Crippen molar-refractivity contribution >= 4 is 17.3 Å². The van der Waals surface area contributed by atoms with Crippen LogP contribution in [0.1, 0.15) is 21.6 Å². The lowest BCUT2D eigenvalue weighted by Gasteiger charge is -2.22. The summed E-state index contributed by atoms with van der Waals surface area (Å²) in [6.45, 7) is 2.63. The molecule has 0 aliphatic carbocycles. The van der Waals surface area contributed by atoms with Gasteiger partial charge in [-0.15, -0.1) is 0 Å². The molecule has 1 amide bonds. The van der Waals surface area contributed by atoms with Crippen molar-refractivity contribution in [2.75, 3.05) is 18.6 Å². The summed E-state index contributed by atoms with van der Waals surface area (Å²) in [6.07, 6.45) is 5.61. The minimum atomic E-state index is -0.252. The number of aliphatic imine (C=N–C) groups is 1. The van der Waals surface area contributed by atoms with Crippen molar-refractivity contribution in [3.8, 4) is 11.5 Å². The first-order valence-corrected chi connectivity index (χ1v) is 9.65. The normalized spacial score (nSPS) is 13.0. The van der Waals surface area contributed by atoms with E-state index in [0.29, 0.717) is 23.9 Å². The maximum atomic E-state index is 11.7. The van der Waals surface area contributed by atoms with Crippen LogP contribution in [0.25, 0.3) is 0 Å². The smallest absolute Gasteiger partial charge is 0.269 e. The Morgan fingerprint density at radius 3 is 2.47 bits per heavy atom. The highest BCUT2D eigenvalue weighted by Crippen LogP contribution is 2.26. The van der Waals surface area contributed by atoms with Gasteiger partial charge in [0.25, 0.3) is 5.91 Å². The highest BCUT2D eigenvalue weighted by molar-refractivity contribution is 6.09. The molecule has 3 aromatic rings. The quantitative estimate of drug-likeness (QED) is 0.695. The third kappa shape index (κ3) is 4.38. The number of anilines is 1. The van der Waals surface area contributed by atoms with Crippen LogP contribution in [0.5, 0.6) is 11.5 Å². The van der Waals surface area contributed by atoms with E-state index in [0.717, 1.165) is 17.0 Å². The summed E-state index contributed by atoms with van der Waals surface area (Å²) < 4.78 is 5.86. The van der Waals surface area contributed by atoms with Crippen molar-refractivity contribution in [3.05, 3.63) is 96.0 Å². The van der Waals surface area contributed by atoms with Crippen LogP contribution in [-0.4, -0.2) is 30.3 Å². The van der Waals surface area contributed by atoms with Gasteiger partial charge in [-0.1, -0.05) is 29.8 Å². The Balaban J connectivity index is 1.42. The second-order valence-electron chi connectivity index (χ2n) is 6.89. The number of hydrogen-bond acceptors (Lipinski definition) is 5. The average molecular weight is 398 g/mol. The number of benzene rings is 2.